The predicted octanol–water partition coefficient (Wildman–Crippen LogP) is 4.97. The topological polar surface area (TPSA) is 24.9 Å². The molecule has 1 N–H and O–H groups in total. The third-order valence-electron chi connectivity index (χ3n) is 2.50. The lowest BCUT2D eigenvalue weighted by Gasteiger charge is -2.10. The van der Waals surface area contributed by atoms with Crippen molar-refractivity contribution >= 4 is 43.4 Å². The van der Waals surface area contributed by atoms with Crippen LogP contribution in [0.15, 0.2) is 39.4 Å². The van der Waals surface area contributed by atoms with Gasteiger partial charge in [-0.05, 0) is 65.2 Å². The number of hydrogen-bond donors (Lipinski definition) is 1. The number of hydrogen-bond acceptors (Lipinski definition) is 2. The molecule has 0 atom stereocenters. The molecule has 0 spiro atoms. The van der Waals surface area contributed by atoms with Crippen LogP contribution in [0.4, 0.5) is 11.5 Å². The fourth-order valence-corrected chi connectivity index (χ4v) is 2.21. The molecular weight excluding hydrogens is 344 g/mol. The van der Waals surface area contributed by atoms with Gasteiger partial charge in [0.25, 0.3) is 0 Å². The number of nitrogens with one attached hydrogen (secondary N) is 1. The van der Waals surface area contributed by atoms with Crippen LogP contribution in [-0.2, 0) is 0 Å². The molecule has 0 aliphatic carbocycles. The number of rotatable bonds is 2. The molecule has 4 heteroatoms. The molecule has 0 radical (unpaired) electrons. The first-order chi connectivity index (χ1) is 8.06. The number of anilines is 2. The van der Waals surface area contributed by atoms with Crippen molar-refractivity contribution in [1.82, 2.24) is 4.98 Å². The van der Waals surface area contributed by atoms with Crippen molar-refractivity contribution in [2.75, 3.05) is 5.32 Å². The van der Waals surface area contributed by atoms with Gasteiger partial charge in [0, 0.05) is 20.8 Å². The lowest BCUT2D eigenvalue weighted by Crippen LogP contribution is -1.96. The highest BCUT2D eigenvalue weighted by atomic mass is 79.9. The first-order valence-electron chi connectivity index (χ1n) is 5.21. The van der Waals surface area contributed by atoms with Crippen molar-refractivity contribution in [3.8, 4) is 0 Å². The molecule has 1 aromatic heterocycles. The zero-order valence-electron chi connectivity index (χ0n) is 9.59. The Kier molecular flexibility index (Phi) is 3.84. The first-order valence-corrected chi connectivity index (χ1v) is 6.80. The van der Waals surface area contributed by atoms with Crippen molar-refractivity contribution in [2.45, 2.75) is 13.8 Å². The molecule has 0 aliphatic rings. The Bertz CT molecular complexity index is 553. The molecule has 2 aromatic rings. The molecule has 0 unspecified atom stereocenters. The Morgan fingerprint density at radius 1 is 1.06 bits per heavy atom. The average Bonchev–Trinajstić information content (AvgIpc) is 2.27. The van der Waals surface area contributed by atoms with E-state index in [1.54, 1.807) is 0 Å². The second kappa shape index (κ2) is 5.19. The molecule has 2 rings (SSSR count). The second-order valence-corrected chi connectivity index (χ2v) is 5.67. The van der Waals surface area contributed by atoms with E-state index in [0.29, 0.717) is 0 Å². The molecule has 88 valence electrons. The summed E-state index contributed by atoms with van der Waals surface area (Å²) >= 11 is 6.90. The summed E-state index contributed by atoms with van der Waals surface area (Å²) in [4.78, 5) is 4.33. The molecular formula is C13H12Br2N2. The minimum atomic E-state index is 0.858. The van der Waals surface area contributed by atoms with Crippen molar-refractivity contribution < 1.29 is 0 Å². The first kappa shape index (κ1) is 12.6. The lowest BCUT2D eigenvalue weighted by molar-refractivity contribution is 1.24. The van der Waals surface area contributed by atoms with Gasteiger partial charge in [0.1, 0.15) is 5.82 Å². The van der Waals surface area contributed by atoms with E-state index >= 15 is 0 Å². The van der Waals surface area contributed by atoms with E-state index in [1.807, 2.05) is 31.3 Å². The zero-order chi connectivity index (χ0) is 12.4. The van der Waals surface area contributed by atoms with Gasteiger partial charge in [-0.15, -0.1) is 0 Å². The van der Waals surface area contributed by atoms with Gasteiger partial charge < -0.3 is 5.32 Å². The second-order valence-electron chi connectivity index (χ2n) is 3.90. The Hall–Kier alpha value is -0.870. The summed E-state index contributed by atoms with van der Waals surface area (Å²) in [7, 11) is 0. The highest BCUT2D eigenvalue weighted by Gasteiger charge is 2.02. The number of aromatic nitrogens is 1. The van der Waals surface area contributed by atoms with Crippen LogP contribution in [0.5, 0.6) is 0 Å². The maximum absolute atomic E-state index is 4.33. The van der Waals surface area contributed by atoms with E-state index in [2.05, 4.69) is 55.2 Å². The monoisotopic (exact) mass is 354 g/mol. The fourth-order valence-electron chi connectivity index (χ4n) is 1.51. The highest BCUT2D eigenvalue weighted by Crippen LogP contribution is 2.24. The molecule has 17 heavy (non-hydrogen) atoms. The summed E-state index contributed by atoms with van der Waals surface area (Å²) in [5.41, 5.74) is 3.42. The van der Waals surface area contributed by atoms with Crippen LogP contribution in [0, 0.1) is 13.8 Å². The van der Waals surface area contributed by atoms with Crippen LogP contribution in [0.25, 0.3) is 0 Å². The van der Waals surface area contributed by atoms with Crippen LogP contribution in [-0.4, -0.2) is 4.98 Å². The molecule has 0 amide bonds. The summed E-state index contributed by atoms with van der Waals surface area (Å²) in [6, 6.07) is 8.15. The average molecular weight is 356 g/mol. The van der Waals surface area contributed by atoms with Crippen LogP contribution in [0.1, 0.15) is 11.1 Å². The van der Waals surface area contributed by atoms with Crippen LogP contribution in [0.3, 0.4) is 0 Å². The summed E-state index contributed by atoms with van der Waals surface area (Å²) < 4.78 is 2.11. The Labute approximate surface area is 118 Å². The Balaban J connectivity index is 2.28. The Morgan fingerprint density at radius 2 is 1.82 bits per heavy atom. The molecule has 2 nitrogen and oxygen atoms in total. The fraction of sp³-hybridized carbons (Fsp3) is 0.154. The predicted molar refractivity (Wildman–Crippen MR) is 78.8 cm³/mol. The van der Waals surface area contributed by atoms with E-state index in [1.165, 1.54) is 5.56 Å². The normalized spacial score (nSPS) is 10.4. The number of nitrogens with zero attached hydrogens (tertiary/aromatic N) is 1. The van der Waals surface area contributed by atoms with Gasteiger partial charge in [0.15, 0.2) is 0 Å². The van der Waals surface area contributed by atoms with Gasteiger partial charge in [-0.3, -0.25) is 0 Å². The lowest BCUT2D eigenvalue weighted by atomic mass is 10.2. The van der Waals surface area contributed by atoms with E-state index < -0.39 is 0 Å². The molecule has 0 aliphatic heterocycles. The minimum Gasteiger partial charge on any atom is -0.340 e. The van der Waals surface area contributed by atoms with Crippen LogP contribution in [0.2, 0.25) is 0 Å². The van der Waals surface area contributed by atoms with E-state index in [0.717, 1.165) is 26.0 Å². The van der Waals surface area contributed by atoms with Gasteiger partial charge >= 0.3 is 0 Å². The third kappa shape index (κ3) is 3.07. The quantitative estimate of drug-likeness (QED) is 0.822. The molecule has 0 saturated heterocycles. The molecule has 0 bridgehead atoms. The van der Waals surface area contributed by atoms with Crippen molar-refractivity contribution in [2.24, 2.45) is 0 Å². The summed E-state index contributed by atoms with van der Waals surface area (Å²) in [5, 5.41) is 3.31. The molecule has 0 saturated carbocycles. The highest BCUT2D eigenvalue weighted by molar-refractivity contribution is 9.10. The smallest absolute Gasteiger partial charge is 0.130 e. The largest absolute Gasteiger partial charge is 0.340 e. The van der Waals surface area contributed by atoms with Crippen LogP contribution >= 0.6 is 31.9 Å². The minimum absolute atomic E-state index is 0.858. The number of pyridine rings is 1. The molecule has 0 fully saturated rings. The zero-order valence-corrected chi connectivity index (χ0v) is 12.8. The van der Waals surface area contributed by atoms with Gasteiger partial charge in [-0.1, -0.05) is 15.9 Å². The number of benzene rings is 1. The third-order valence-corrected chi connectivity index (χ3v) is 3.82. The van der Waals surface area contributed by atoms with Gasteiger partial charge in [-0.25, -0.2) is 4.98 Å². The maximum Gasteiger partial charge on any atom is 0.130 e. The summed E-state index contributed by atoms with van der Waals surface area (Å²) in [5.74, 6) is 0.858. The van der Waals surface area contributed by atoms with Gasteiger partial charge in [0.05, 0.1) is 0 Å². The van der Waals surface area contributed by atoms with Crippen LogP contribution < -0.4 is 5.32 Å². The van der Waals surface area contributed by atoms with E-state index in [-0.39, 0.29) is 0 Å². The molecule has 1 heterocycles. The van der Waals surface area contributed by atoms with Crippen molar-refractivity contribution in [3.05, 3.63) is 50.5 Å². The summed E-state index contributed by atoms with van der Waals surface area (Å²) in [6.45, 7) is 4.12. The van der Waals surface area contributed by atoms with E-state index in [9.17, 15) is 0 Å². The molecule has 1 aromatic carbocycles. The van der Waals surface area contributed by atoms with E-state index in [4.69, 9.17) is 0 Å². The van der Waals surface area contributed by atoms with Gasteiger partial charge in [-0.2, -0.15) is 0 Å². The maximum atomic E-state index is 4.33. The SMILES string of the molecule is Cc1cc(Nc2ccc(Br)cc2C)ncc1Br. The standard InChI is InChI=1S/C13H12Br2N2/c1-8-6-13(16-7-11(8)15)17-12-4-3-10(14)5-9(12)2/h3-7H,1-2H3,(H,16,17). The van der Waals surface area contributed by atoms with Crippen molar-refractivity contribution in [3.63, 3.8) is 0 Å². The number of halogens is 2. The number of aryl methyl sites for hydroxylation is 2. The van der Waals surface area contributed by atoms with Gasteiger partial charge in [0.2, 0.25) is 0 Å². The van der Waals surface area contributed by atoms with Crippen molar-refractivity contribution in [1.29, 1.82) is 0 Å². The Morgan fingerprint density at radius 3 is 2.47 bits per heavy atom. The summed E-state index contributed by atoms with van der Waals surface area (Å²) in [6.07, 6.45) is 1.81.